The molecule has 8 heteroatoms. The number of pyridine rings is 1. The summed E-state index contributed by atoms with van der Waals surface area (Å²) in [5.41, 5.74) is 1.46. The second-order valence-electron chi connectivity index (χ2n) is 8.27. The van der Waals surface area contributed by atoms with E-state index in [1.165, 1.54) is 0 Å². The summed E-state index contributed by atoms with van der Waals surface area (Å²) in [5, 5.41) is 11.7. The first-order valence-electron chi connectivity index (χ1n) is 10.6. The average molecular weight is 455 g/mol. The Balaban J connectivity index is 1.43. The lowest BCUT2D eigenvalue weighted by Gasteiger charge is -2.32. The zero-order valence-corrected chi connectivity index (χ0v) is 18.1. The van der Waals surface area contributed by atoms with Crippen LogP contribution >= 0.6 is 11.6 Å². The van der Waals surface area contributed by atoms with Crippen molar-refractivity contribution in [2.24, 2.45) is 0 Å². The molecule has 3 heterocycles. The smallest absolute Gasteiger partial charge is 0.410 e. The second kappa shape index (κ2) is 8.48. The number of piperidine rings is 1. The molecule has 0 aliphatic carbocycles. The van der Waals surface area contributed by atoms with Gasteiger partial charge in [0.2, 0.25) is 0 Å². The van der Waals surface area contributed by atoms with Gasteiger partial charge < -0.3 is 24.0 Å². The van der Waals surface area contributed by atoms with Crippen LogP contribution in [0.2, 0.25) is 5.02 Å². The van der Waals surface area contributed by atoms with E-state index in [-0.39, 0.29) is 30.4 Å². The Bertz CT molecular complexity index is 1220. The molecule has 0 bridgehead atoms. The van der Waals surface area contributed by atoms with Crippen molar-refractivity contribution in [3.05, 3.63) is 75.2 Å². The Hall–Kier alpha value is -3.03. The number of cyclic esters (lactones) is 1. The highest BCUT2D eigenvalue weighted by molar-refractivity contribution is 6.30. The lowest BCUT2D eigenvalue weighted by Crippen LogP contribution is -2.44. The SMILES string of the molecule is O=C1OC[C@@H]2C[C@@H](Oc3ccc4c(CO)cn(Cc5ccc(Cl)cc5)c(=O)c4c3)CCN12. The number of aromatic nitrogens is 1. The van der Waals surface area contributed by atoms with Gasteiger partial charge in [-0.1, -0.05) is 29.8 Å². The molecule has 2 saturated heterocycles. The van der Waals surface area contributed by atoms with Crippen LogP contribution in [0.4, 0.5) is 4.79 Å². The Labute approximate surface area is 189 Å². The normalized spacial score (nSPS) is 20.3. The standard InChI is InChI=1S/C24H23ClN2O5/c25-17-3-1-15(2-4-17)11-26-12-16(13-28)21-6-5-19(10-22(21)23(26)29)32-20-7-8-27-18(9-20)14-31-24(27)30/h1-6,10,12,18,20,28H,7-9,11,13-14H2/t18-,20-/m0/s1. The zero-order valence-electron chi connectivity index (χ0n) is 17.4. The van der Waals surface area contributed by atoms with E-state index in [9.17, 15) is 14.7 Å². The summed E-state index contributed by atoms with van der Waals surface area (Å²) in [6.45, 7) is 1.19. The van der Waals surface area contributed by atoms with Crippen molar-refractivity contribution in [1.29, 1.82) is 0 Å². The fourth-order valence-electron chi connectivity index (χ4n) is 4.52. The van der Waals surface area contributed by atoms with Gasteiger partial charge in [0.05, 0.1) is 24.6 Å². The van der Waals surface area contributed by atoms with Gasteiger partial charge in [-0.2, -0.15) is 0 Å². The number of ether oxygens (including phenoxy) is 2. The van der Waals surface area contributed by atoms with E-state index in [2.05, 4.69) is 0 Å². The van der Waals surface area contributed by atoms with E-state index < -0.39 is 0 Å². The van der Waals surface area contributed by atoms with Crippen LogP contribution in [0.25, 0.3) is 10.8 Å². The highest BCUT2D eigenvalue weighted by Gasteiger charge is 2.38. The highest BCUT2D eigenvalue weighted by Crippen LogP contribution is 2.28. The van der Waals surface area contributed by atoms with E-state index in [1.807, 2.05) is 24.3 Å². The molecule has 32 heavy (non-hydrogen) atoms. The molecule has 1 aromatic heterocycles. The first kappa shape index (κ1) is 20.8. The minimum absolute atomic E-state index is 0.0410. The number of carbonyl (C=O) groups is 1. The number of rotatable bonds is 5. The summed E-state index contributed by atoms with van der Waals surface area (Å²) in [4.78, 5) is 26.7. The van der Waals surface area contributed by atoms with E-state index in [4.69, 9.17) is 21.1 Å². The third-order valence-electron chi connectivity index (χ3n) is 6.18. The third kappa shape index (κ3) is 3.94. The summed E-state index contributed by atoms with van der Waals surface area (Å²) >= 11 is 5.96. The summed E-state index contributed by atoms with van der Waals surface area (Å²) < 4.78 is 12.9. The molecular weight excluding hydrogens is 432 g/mol. The topological polar surface area (TPSA) is 81.0 Å². The van der Waals surface area contributed by atoms with Gasteiger partial charge in [-0.25, -0.2) is 4.79 Å². The number of carbonyl (C=O) groups excluding carboxylic acids is 1. The van der Waals surface area contributed by atoms with Gasteiger partial charge in [-0.15, -0.1) is 0 Å². The molecule has 2 aliphatic rings. The second-order valence-corrected chi connectivity index (χ2v) is 8.70. The molecule has 2 aliphatic heterocycles. The van der Waals surface area contributed by atoms with Gasteiger partial charge >= 0.3 is 6.09 Å². The number of nitrogens with zero attached hydrogens (tertiary/aromatic N) is 2. The third-order valence-corrected chi connectivity index (χ3v) is 6.43. The molecule has 5 rings (SSSR count). The maximum absolute atomic E-state index is 13.2. The lowest BCUT2D eigenvalue weighted by atomic mass is 10.0. The average Bonchev–Trinajstić information content (AvgIpc) is 3.17. The number of fused-ring (bicyclic) bond motifs is 2. The number of benzene rings is 2. The summed E-state index contributed by atoms with van der Waals surface area (Å²) in [5.74, 6) is 0.603. The number of halogens is 1. The molecule has 7 nitrogen and oxygen atoms in total. The van der Waals surface area contributed by atoms with Crippen LogP contribution in [0.15, 0.2) is 53.5 Å². The maximum atomic E-state index is 13.2. The van der Waals surface area contributed by atoms with Gasteiger partial charge in [-0.3, -0.25) is 4.79 Å². The molecule has 1 amide bonds. The molecule has 2 atom stereocenters. The van der Waals surface area contributed by atoms with Crippen LogP contribution in [-0.4, -0.2) is 46.0 Å². The Morgan fingerprint density at radius 3 is 2.72 bits per heavy atom. The van der Waals surface area contributed by atoms with E-state index in [0.717, 1.165) is 5.56 Å². The fraction of sp³-hybridized carbons (Fsp3) is 0.333. The van der Waals surface area contributed by atoms with Gasteiger partial charge in [0.1, 0.15) is 18.5 Å². The van der Waals surface area contributed by atoms with Crippen molar-refractivity contribution in [1.82, 2.24) is 9.47 Å². The molecule has 166 valence electrons. The van der Waals surface area contributed by atoms with Crippen LogP contribution in [0.3, 0.4) is 0 Å². The number of hydrogen-bond acceptors (Lipinski definition) is 5. The number of aliphatic hydroxyl groups excluding tert-OH is 1. The van der Waals surface area contributed by atoms with E-state index in [0.29, 0.717) is 59.6 Å². The number of amides is 1. The van der Waals surface area contributed by atoms with Crippen molar-refractivity contribution in [3.8, 4) is 5.75 Å². The Morgan fingerprint density at radius 1 is 1.12 bits per heavy atom. The molecule has 2 aromatic carbocycles. The molecular formula is C24H23ClN2O5. The number of hydrogen-bond donors (Lipinski definition) is 1. The van der Waals surface area contributed by atoms with Crippen LogP contribution in [0.1, 0.15) is 24.0 Å². The summed E-state index contributed by atoms with van der Waals surface area (Å²) in [6, 6.07) is 12.8. The summed E-state index contributed by atoms with van der Waals surface area (Å²) in [6.07, 6.45) is 2.80. The lowest BCUT2D eigenvalue weighted by molar-refractivity contribution is 0.0937. The molecule has 2 fully saturated rings. The molecule has 3 aromatic rings. The Kier molecular flexibility index (Phi) is 5.53. The van der Waals surface area contributed by atoms with Crippen molar-refractivity contribution < 1.29 is 19.4 Å². The molecule has 1 N–H and O–H groups in total. The fourth-order valence-corrected chi connectivity index (χ4v) is 4.64. The van der Waals surface area contributed by atoms with Crippen LogP contribution in [-0.2, 0) is 17.9 Å². The van der Waals surface area contributed by atoms with Gasteiger partial charge in [0.25, 0.3) is 5.56 Å². The molecule has 0 spiro atoms. The largest absolute Gasteiger partial charge is 0.490 e. The highest BCUT2D eigenvalue weighted by atomic mass is 35.5. The van der Waals surface area contributed by atoms with Crippen molar-refractivity contribution in [2.45, 2.75) is 38.1 Å². The van der Waals surface area contributed by atoms with Crippen molar-refractivity contribution in [2.75, 3.05) is 13.2 Å². The first-order valence-corrected chi connectivity index (χ1v) is 11.0. The van der Waals surface area contributed by atoms with Crippen LogP contribution in [0, 0.1) is 0 Å². The van der Waals surface area contributed by atoms with Gasteiger partial charge in [0.15, 0.2) is 0 Å². The molecule has 0 saturated carbocycles. The van der Waals surface area contributed by atoms with E-state index >= 15 is 0 Å². The van der Waals surface area contributed by atoms with Crippen molar-refractivity contribution >= 4 is 28.5 Å². The van der Waals surface area contributed by atoms with Crippen LogP contribution in [0.5, 0.6) is 5.75 Å². The quantitative estimate of drug-likeness (QED) is 0.637. The first-order chi connectivity index (χ1) is 15.5. The minimum atomic E-state index is -0.253. The zero-order chi connectivity index (χ0) is 22.2. The van der Waals surface area contributed by atoms with Crippen molar-refractivity contribution in [3.63, 3.8) is 0 Å². The number of aliphatic hydroxyl groups is 1. The minimum Gasteiger partial charge on any atom is -0.490 e. The monoisotopic (exact) mass is 454 g/mol. The molecule has 0 radical (unpaired) electrons. The van der Waals surface area contributed by atoms with Gasteiger partial charge in [0, 0.05) is 36.2 Å². The Morgan fingerprint density at radius 2 is 1.94 bits per heavy atom. The van der Waals surface area contributed by atoms with E-state index in [1.54, 1.807) is 33.9 Å². The predicted molar refractivity (Wildman–Crippen MR) is 120 cm³/mol. The summed E-state index contributed by atoms with van der Waals surface area (Å²) in [7, 11) is 0. The van der Waals surface area contributed by atoms with Gasteiger partial charge in [-0.05, 0) is 35.2 Å². The molecule has 0 unspecified atom stereocenters. The maximum Gasteiger partial charge on any atom is 0.410 e. The van der Waals surface area contributed by atoms with Crippen LogP contribution < -0.4 is 10.3 Å². The predicted octanol–water partition coefficient (Wildman–Crippen LogP) is 3.56.